The number of aromatic nitrogens is 1. The van der Waals surface area contributed by atoms with Crippen LogP contribution in [0, 0.1) is 11.3 Å². The highest BCUT2D eigenvalue weighted by molar-refractivity contribution is 7.98. The number of thioether (sulfide) groups is 1. The molecule has 0 unspecified atom stereocenters. The van der Waals surface area contributed by atoms with E-state index in [0.29, 0.717) is 0 Å². The molecule has 1 heterocycles. The highest BCUT2D eigenvalue weighted by atomic mass is 32.2. The van der Waals surface area contributed by atoms with Gasteiger partial charge in [0.15, 0.2) is 0 Å². The molecule has 0 N–H and O–H groups in total. The molecule has 2 nitrogen and oxygen atoms in total. The molecule has 16 heavy (non-hydrogen) atoms. The maximum absolute atomic E-state index is 9.07. The van der Waals surface area contributed by atoms with Gasteiger partial charge in [0.25, 0.3) is 0 Å². The van der Waals surface area contributed by atoms with Gasteiger partial charge >= 0.3 is 0 Å². The summed E-state index contributed by atoms with van der Waals surface area (Å²) in [5.74, 6) is 0. The first-order chi connectivity index (χ1) is 7.85. The molecule has 1 aliphatic carbocycles. The molecule has 1 aromatic heterocycles. The average Bonchev–Trinajstić information content (AvgIpc) is 2.29. The molecule has 3 heteroatoms. The zero-order valence-corrected chi connectivity index (χ0v) is 10.4. The van der Waals surface area contributed by atoms with Gasteiger partial charge in [-0.3, -0.25) is 0 Å². The Kier molecular flexibility index (Phi) is 3.84. The van der Waals surface area contributed by atoms with Gasteiger partial charge in [0.05, 0.1) is 5.56 Å². The van der Waals surface area contributed by atoms with E-state index in [-0.39, 0.29) is 0 Å². The van der Waals surface area contributed by atoms with Crippen molar-refractivity contribution in [3.05, 3.63) is 22.9 Å². The predicted octanol–water partition coefficient (Wildman–Crippen LogP) is 3.33. The topological polar surface area (TPSA) is 36.7 Å². The predicted molar refractivity (Wildman–Crippen MR) is 66.6 cm³/mol. The molecule has 0 radical (unpaired) electrons. The van der Waals surface area contributed by atoms with Crippen LogP contribution in [0.4, 0.5) is 0 Å². The first-order valence-corrected chi connectivity index (χ1v) is 7.04. The number of aryl methyl sites for hydroxylation is 2. The summed E-state index contributed by atoms with van der Waals surface area (Å²) in [5.41, 5.74) is 3.27. The summed E-state index contributed by atoms with van der Waals surface area (Å²) in [4.78, 5) is 4.64. The van der Waals surface area contributed by atoms with Crippen LogP contribution in [-0.4, -0.2) is 11.2 Å². The smallest absolute Gasteiger partial charge is 0.114 e. The molecule has 0 spiro atoms. The normalized spacial score (nSPS) is 15.8. The SMILES string of the molecule is CSc1nc2c(cc1C#N)CCCCCC2. The number of nitrogens with zero attached hydrogens (tertiary/aromatic N) is 2. The van der Waals surface area contributed by atoms with Crippen LogP contribution in [0.5, 0.6) is 0 Å². The van der Waals surface area contributed by atoms with Crippen molar-refractivity contribution >= 4 is 11.8 Å². The van der Waals surface area contributed by atoms with Gasteiger partial charge < -0.3 is 0 Å². The van der Waals surface area contributed by atoms with Crippen LogP contribution in [0.3, 0.4) is 0 Å². The maximum Gasteiger partial charge on any atom is 0.114 e. The molecule has 84 valence electrons. The van der Waals surface area contributed by atoms with E-state index < -0.39 is 0 Å². The van der Waals surface area contributed by atoms with Crippen molar-refractivity contribution in [2.75, 3.05) is 6.26 Å². The lowest BCUT2D eigenvalue weighted by molar-refractivity contribution is 0.605. The minimum Gasteiger partial charge on any atom is -0.245 e. The van der Waals surface area contributed by atoms with Gasteiger partial charge in [-0.2, -0.15) is 5.26 Å². The van der Waals surface area contributed by atoms with Crippen LogP contribution >= 0.6 is 11.8 Å². The Morgan fingerprint density at radius 2 is 2.00 bits per heavy atom. The molecule has 0 aliphatic heterocycles. The maximum atomic E-state index is 9.07. The van der Waals surface area contributed by atoms with Gasteiger partial charge in [0.2, 0.25) is 0 Å². The second-order valence-corrected chi connectivity index (χ2v) is 4.97. The summed E-state index contributed by atoms with van der Waals surface area (Å²) >= 11 is 1.57. The Bertz CT molecular complexity index is 421. The van der Waals surface area contributed by atoms with Gasteiger partial charge in [0, 0.05) is 5.69 Å². The van der Waals surface area contributed by atoms with Crippen LogP contribution < -0.4 is 0 Å². The van der Waals surface area contributed by atoms with Crippen molar-refractivity contribution in [1.29, 1.82) is 5.26 Å². The third kappa shape index (κ3) is 2.38. The molecule has 0 aromatic carbocycles. The van der Waals surface area contributed by atoms with Crippen molar-refractivity contribution < 1.29 is 0 Å². The van der Waals surface area contributed by atoms with Crippen LogP contribution in [0.1, 0.15) is 42.5 Å². The Hall–Kier alpha value is -1.01. The second-order valence-electron chi connectivity index (χ2n) is 4.18. The molecule has 0 fully saturated rings. The standard InChI is InChI=1S/C13H16N2S/c1-16-13-11(9-14)8-10-6-4-2-3-5-7-12(10)15-13/h8H,2-7H2,1H3. The Balaban J connectivity index is 2.41. The van der Waals surface area contributed by atoms with Crippen molar-refractivity contribution in [2.24, 2.45) is 0 Å². The summed E-state index contributed by atoms with van der Waals surface area (Å²) in [6, 6.07) is 4.30. The van der Waals surface area contributed by atoms with Crippen LogP contribution in [0.2, 0.25) is 0 Å². The average molecular weight is 232 g/mol. The highest BCUT2D eigenvalue weighted by Crippen LogP contribution is 2.25. The van der Waals surface area contributed by atoms with Crippen molar-refractivity contribution in [3.8, 4) is 6.07 Å². The van der Waals surface area contributed by atoms with E-state index in [2.05, 4.69) is 17.1 Å². The Morgan fingerprint density at radius 3 is 2.69 bits per heavy atom. The monoisotopic (exact) mass is 232 g/mol. The summed E-state index contributed by atoms with van der Waals surface area (Å²) in [5, 5.41) is 9.96. The van der Waals surface area contributed by atoms with Crippen molar-refractivity contribution in [2.45, 2.75) is 43.6 Å². The highest BCUT2D eigenvalue weighted by Gasteiger charge is 2.12. The van der Waals surface area contributed by atoms with E-state index in [1.54, 1.807) is 11.8 Å². The number of fused-ring (bicyclic) bond motifs is 1. The first kappa shape index (κ1) is 11.5. The quantitative estimate of drug-likeness (QED) is 0.697. The fraction of sp³-hybridized carbons (Fsp3) is 0.538. The van der Waals surface area contributed by atoms with Gasteiger partial charge in [-0.1, -0.05) is 12.8 Å². The molecule has 0 atom stereocenters. The zero-order chi connectivity index (χ0) is 11.4. The summed E-state index contributed by atoms with van der Waals surface area (Å²) < 4.78 is 0. The van der Waals surface area contributed by atoms with E-state index in [1.807, 2.05) is 6.26 Å². The Morgan fingerprint density at radius 1 is 1.25 bits per heavy atom. The van der Waals surface area contributed by atoms with Crippen molar-refractivity contribution in [3.63, 3.8) is 0 Å². The minimum atomic E-state index is 0.742. The lowest BCUT2D eigenvalue weighted by atomic mass is 9.96. The summed E-state index contributed by atoms with van der Waals surface area (Å²) in [6.45, 7) is 0. The second kappa shape index (κ2) is 5.36. The van der Waals surface area contributed by atoms with E-state index in [0.717, 1.165) is 23.4 Å². The molecule has 0 saturated heterocycles. The lowest BCUT2D eigenvalue weighted by Gasteiger charge is -2.14. The van der Waals surface area contributed by atoms with E-state index in [9.17, 15) is 0 Å². The van der Waals surface area contributed by atoms with Crippen LogP contribution in [0.15, 0.2) is 11.1 Å². The van der Waals surface area contributed by atoms with Crippen molar-refractivity contribution in [1.82, 2.24) is 4.98 Å². The number of nitriles is 1. The number of rotatable bonds is 1. The summed E-state index contributed by atoms with van der Waals surface area (Å²) in [7, 11) is 0. The van der Waals surface area contributed by atoms with E-state index in [4.69, 9.17) is 5.26 Å². The molecule has 0 amide bonds. The van der Waals surface area contributed by atoms with Gasteiger partial charge in [-0.15, -0.1) is 11.8 Å². The first-order valence-electron chi connectivity index (χ1n) is 5.82. The Labute approximate surface area is 101 Å². The fourth-order valence-electron chi connectivity index (χ4n) is 2.20. The third-order valence-electron chi connectivity index (χ3n) is 3.08. The molecule has 1 aromatic rings. The minimum absolute atomic E-state index is 0.742. The van der Waals surface area contributed by atoms with Gasteiger partial charge in [-0.25, -0.2) is 4.98 Å². The lowest BCUT2D eigenvalue weighted by Crippen LogP contribution is -2.04. The molecular formula is C13H16N2S. The number of hydrogen-bond donors (Lipinski definition) is 0. The number of hydrogen-bond acceptors (Lipinski definition) is 3. The molecular weight excluding hydrogens is 216 g/mol. The zero-order valence-electron chi connectivity index (χ0n) is 9.62. The van der Waals surface area contributed by atoms with E-state index >= 15 is 0 Å². The molecule has 0 bridgehead atoms. The summed E-state index contributed by atoms with van der Waals surface area (Å²) in [6.07, 6.45) is 9.25. The van der Waals surface area contributed by atoms with E-state index in [1.165, 1.54) is 36.9 Å². The molecule has 1 aliphatic rings. The van der Waals surface area contributed by atoms with Crippen LogP contribution in [-0.2, 0) is 12.8 Å². The van der Waals surface area contributed by atoms with Crippen LogP contribution in [0.25, 0.3) is 0 Å². The third-order valence-corrected chi connectivity index (χ3v) is 3.78. The van der Waals surface area contributed by atoms with Gasteiger partial charge in [0.1, 0.15) is 11.1 Å². The van der Waals surface area contributed by atoms with Gasteiger partial charge in [-0.05, 0) is 43.6 Å². The molecule has 0 saturated carbocycles. The largest absolute Gasteiger partial charge is 0.245 e. The number of pyridine rings is 1. The fourth-order valence-corrected chi connectivity index (χ4v) is 2.73. The molecule has 2 rings (SSSR count).